The van der Waals surface area contributed by atoms with E-state index in [2.05, 4.69) is 30.7 Å². The van der Waals surface area contributed by atoms with E-state index in [1.807, 2.05) is 77.4 Å². The van der Waals surface area contributed by atoms with Gasteiger partial charge in [-0.3, -0.25) is 10.00 Å². The number of rotatable bonds is 10. The standard InChI is InChI=1S/C31H30FN9O/c1-40(13-14-42-2)31(35-20-33)34-12-4-6-22-8-10-28-27(16-22)30(37-21-36-28)39-26-9-11-29-24(17-26)18-38-41(29)19-23-5-3-7-25(32)15-23/h3-11,15-18,21H,12-14,19H2,1-2H3,(H,34,35)(H,36,37,39)/b6-4+. The van der Waals surface area contributed by atoms with Crippen LogP contribution in [0.3, 0.4) is 0 Å². The number of guanidine groups is 1. The summed E-state index contributed by atoms with van der Waals surface area (Å²) in [5.41, 5.74) is 4.43. The van der Waals surface area contributed by atoms with Crippen LogP contribution in [0.5, 0.6) is 0 Å². The van der Waals surface area contributed by atoms with Crippen LogP contribution in [-0.4, -0.2) is 64.5 Å². The second-order valence-corrected chi connectivity index (χ2v) is 9.55. The monoisotopic (exact) mass is 563 g/mol. The molecular weight excluding hydrogens is 533 g/mol. The molecule has 0 saturated heterocycles. The van der Waals surface area contributed by atoms with Crippen LogP contribution in [0, 0.1) is 17.3 Å². The van der Waals surface area contributed by atoms with Gasteiger partial charge in [0.05, 0.1) is 36.9 Å². The Labute approximate surface area is 242 Å². The Balaban J connectivity index is 1.32. The van der Waals surface area contributed by atoms with E-state index in [-0.39, 0.29) is 5.82 Å². The minimum atomic E-state index is -0.261. The molecule has 212 valence electrons. The number of methoxy groups -OCH3 is 1. The third-order valence-electron chi connectivity index (χ3n) is 6.60. The van der Waals surface area contributed by atoms with Gasteiger partial charge in [-0.25, -0.2) is 19.4 Å². The topological polar surface area (TPSA) is 116 Å². The highest BCUT2D eigenvalue weighted by atomic mass is 19.1. The van der Waals surface area contributed by atoms with Crippen molar-refractivity contribution in [1.82, 2.24) is 30.0 Å². The maximum atomic E-state index is 13.6. The second kappa shape index (κ2) is 13.3. The number of hydrogen-bond acceptors (Lipinski definition) is 7. The zero-order chi connectivity index (χ0) is 29.3. The average molecular weight is 564 g/mol. The molecule has 5 rings (SSSR count). The van der Waals surface area contributed by atoms with Crippen molar-refractivity contribution in [1.29, 1.82) is 5.26 Å². The number of aliphatic imine (C=N–C) groups is 1. The predicted molar refractivity (Wildman–Crippen MR) is 163 cm³/mol. The van der Waals surface area contributed by atoms with E-state index in [9.17, 15) is 4.39 Å². The lowest BCUT2D eigenvalue weighted by molar-refractivity contribution is 0.182. The van der Waals surface area contributed by atoms with Crippen molar-refractivity contribution in [3.63, 3.8) is 0 Å². The summed E-state index contributed by atoms with van der Waals surface area (Å²) in [5, 5.41) is 21.4. The van der Waals surface area contributed by atoms with Gasteiger partial charge in [0, 0.05) is 37.2 Å². The molecule has 5 aromatic rings. The molecular formula is C31H30FN9O. The number of nitrogens with zero attached hydrogens (tertiary/aromatic N) is 7. The number of benzene rings is 3. The Morgan fingerprint density at radius 2 is 2.07 bits per heavy atom. The fourth-order valence-corrected chi connectivity index (χ4v) is 4.48. The maximum absolute atomic E-state index is 13.6. The van der Waals surface area contributed by atoms with Gasteiger partial charge in [0.2, 0.25) is 5.96 Å². The largest absolute Gasteiger partial charge is 0.383 e. The molecule has 3 aromatic carbocycles. The lowest BCUT2D eigenvalue weighted by atomic mass is 10.1. The van der Waals surface area contributed by atoms with Crippen LogP contribution in [0.1, 0.15) is 11.1 Å². The molecule has 0 amide bonds. The first-order valence-corrected chi connectivity index (χ1v) is 13.3. The summed E-state index contributed by atoms with van der Waals surface area (Å²) in [4.78, 5) is 15.2. The highest BCUT2D eigenvalue weighted by Crippen LogP contribution is 2.27. The van der Waals surface area contributed by atoms with Crippen molar-refractivity contribution in [2.24, 2.45) is 4.99 Å². The summed E-state index contributed by atoms with van der Waals surface area (Å²) in [6.07, 6.45) is 9.16. The van der Waals surface area contributed by atoms with E-state index in [0.717, 1.165) is 38.6 Å². The predicted octanol–water partition coefficient (Wildman–Crippen LogP) is 4.93. The van der Waals surface area contributed by atoms with E-state index in [0.29, 0.717) is 38.0 Å². The van der Waals surface area contributed by atoms with E-state index in [4.69, 9.17) is 10.00 Å². The number of nitrogens with one attached hydrogen (secondary N) is 2. The number of halogens is 1. The molecule has 0 aliphatic rings. The van der Waals surface area contributed by atoms with Crippen molar-refractivity contribution in [3.05, 3.63) is 96.2 Å². The summed E-state index contributed by atoms with van der Waals surface area (Å²) in [6.45, 7) is 2.01. The van der Waals surface area contributed by atoms with Gasteiger partial charge in [0.15, 0.2) is 6.19 Å². The Morgan fingerprint density at radius 1 is 1.17 bits per heavy atom. The van der Waals surface area contributed by atoms with Crippen LogP contribution in [0.4, 0.5) is 15.9 Å². The third-order valence-corrected chi connectivity index (χ3v) is 6.60. The van der Waals surface area contributed by atoms with Gasteiger partial charge < -0.3 is 15.0 Å². The SMILES string of the molecule is COCCN(C)C(=NC/C=C/c1ccc2ncnc(Nc3ccc4c(cnn4Cc4cccc(F)c4)c3)c2c1)NC#N. The first-order valence-electron chi connectivity index (χ1n) is 13.3. The molecule has 10 nitrogen and oxygen atoms in total. The van der Waals surface area contributed by atoms with Crippen LogP contribution in [-0.2, 0) is 11.3 Å². The molecule has 0 radical (unpaired) electrons. The zero-order valence-corrected chi connectivity index (χ0v) is 23.3. The van der Waals surface area contributed by atoms with Crippen molar-refractivity contribution in [3.8, 4) is 6.19 Å². The van der Waals surface area contributed by atoms with Crippen molar-refractivity contribution < 1.29 is 9.13 Å². The van der Waals surface area contributed by atoms with E-state index in [1.165, 1.54) is 18.5 Å². The Bertz CT molecular complexity index is 1790. The van der Waals surface area contributed by atoms with Crippen LogP contribution >= 0.6 is 0 Å². The first kappa shape index (κ1) is 28.2. The fraction of sp³-hybridized carbons (Fsp3) is 0.194. The smallest absolute Gasteiger partial charge is 0.207 e. The average Bonchev–Trinajstić information content (AvgIpc) is 3.39. The minimum Gasteiger partial charge on any atom is -0.383 e. The molecule has 2 N–H and O–H groups in total. The van der Waals surface area contributed by atoms with Gasteiger partial charge >= 0.3 is 0 Å². The molecule has 11 heteroatoms. The Kier molecular flexibility index (Phi) is 8.96. The number of anilines is 2. The third kappa shape index (κ3) is 6.86. The molecule has 0 aliphatic carbocycles. The Hall–Kier alpha value is -5.34. The van der Waals surface area contributed by atoms with Crippen LogP contribution in [0.25, 0.3) is 27.9 Å². The molecule has 0 saturated carbocycles. The molecule has 0 aliphatic heterocycles. The fourth-order valence-electron chi connectivity index (χ4n) is 4.48. The van der Waals surface area contributed by atoms with Gasteiger partial charge in [0.25, 0.3) is 0 Å². The summed E-state index contributed by atoms with van der Waals surface area (Å²) >= 11 is 0. The molecule has 0 fully saturated rings. The van der Waals surface area contributed by atoms with Gasteiger partial charge in [-0.15, -0.1) is 0 Å². The number of likely N-dealkylation sites (N-methyl/N-ethyl adjacent to an activating group) is 1. The van der Waals surface area contributed by atoms with E-state index >= 15 is 0 Å². The molecule has 0 spiro atoms. The normalized spacial score (nSPS) is 11.7. The second-order valence-electron chi connectivity index (χ2n) is 9.55. The van der Waals surface area contributed by atoms with Crippen LogP contribution in [0.15, 0.2) is 84.3 Å². The van der Waals surface area contributed by atoms with Gasteiger partial charge in [0.1, 0.15) is 18.0 Å². The number of nitriles is 1. The minimum absolute atomic E-state index is 0.261. The summed E-state index contributed by atoms with van der Waals surface area (Å²) in [6, 6.07) is 18.5. The van der Waals surface area contributed by atoms with Crippen LogP contribution in [0.2, 0.25) is 0 Å². The summed E-state index contributed by atoms with van der Waals surface area (Å²) in [7, 11) is 3.48. The molecule has 0 unspecified atom stereocenters. The lowest BCUT2D eigenvalue weighted by Crippen LogP contribution is -2.38. The van der Waals surface area contributed by atoms with Gasteiger partial charge in [-0.1, -0.05) is 30.4 Å². The van der Waals surface area contributed by atoms with Crippen molar-refractivity contribution in [2.75, 3.05) is 39.2 Å². The lowest BCUT2D eigenvalue weighted by Gasteiger charge is -2.18. The van der Waals surface area contributed by atoms with Crippen molar-refractivity contribution >= 4 is 45.3 Å². The highest BCUT2D eigenvalue weighted by molar-refractivity contribution is 5.93. The van der Waals surface area contributed by atoms with E-state index < -0.39 is 0 Å². The molecule has 0 atom stereocenters. The van der Waals surface area contributed by atoms with Gasteiger partial charge in [-0.05, 0) is 53.6 Å². The number of aromatic nitrogens is 4. The van der Waals surface area contributed by atoms with Crippen molar-refractivity contribution in [2.45, 2.75) is 6.54 Å². The van der Waals surface area contributed by atoms with Gasteiger partial charge in [-0.2, -0.15) is 10.4 Å². The molecule has 42 heavy (non-hydrogen) atoms. The zero-order valence-electron chi connectivity index (χ0n) is 23.3. The summed E-state index contributed by atoms with van der Waals surface area (Å²) in [5.74, 6) is 0.900. The highest BCUT2D eigenvalue weighted by Gasteiger charge is 2.09. The molecule has 2 aromatic heterocycles. The quantitative estimate of drug-likeness (QED) is 0.106. The number of hydrogen-bond donors (Lipinski definition) is 2. The van der Waals surface area contributed by atoms with E-state index in [1.54, 1.807) is 19.4 Å². The van der Waals surface area contributed by atoms with Crippen LogP contribution < -0.4 is 10.6 Å². The number of fused-ring (bicyclic) bond motifs is 2. The number of ether oxygens (including phenoxy) is 1. The maximum Gasteiger partial charge on any atom is 0.207 e. The molecule has 2 heterocycles. The first-order chi connectivity index (χ1) is 20.5. The summed E-state index contributed by atoms with van der Waals surface area (Å²) < 4.78 is 20.6. The Morgan fingerprint density at radius 3 is 2.90 bits per heavy atom. The molecule has 0 bridgehead atoms.